The van der Waals surface area contributed by atoms with Crippen molar-refractivity contribution in [2.75, 3.05) is 0 Å². The van der Waals surface area contributed by atoms with Crippen LogP contribution < -0.4 is 0 Å². The molecule has 5 nitrogen and oxygen atoms in total. The lowest BCUT2D eigenvalue weighted by Crippen LogP contribution is -2.52. The molecule has 0 spiro atoms. The molecule has 0 aromatic heterocycles. The van der Waals surface area contributed by atoms with Crippen LogP contribution in [0.4, 0.5) is 0 Å². The number of carbonyl (C=O) groups excluding carboxylic acids is 2. The maximum atomic E-state index is 12.2. The second-order valence-electron chi connectivity index (χ2n) is 7.69. The summed E-state index contributed by atoms with van der Waals surface area (Å²) in [5, 5.41) is 32.5. The minimum Gasteiger partial charge on any atom is -0.509 e. The molecule has 0 rings (SSSR count). The predicted molar refractivity (Wildman–Crippen MR) is 99.3 cm³/mol. The Labute approximate surface area is 152 Å². The van der Waals surface area contributed by atoms with E-state index in [0.29, 0.717) is 31.5 Å². The first-order valence-electron chi connectivity index (χ1n) is 9.34. The van der Waals surface area contributed by atoms with Gasteiger partial charge in [0.2, 0.25) is 0 Å². The lowest BCUT2D eigenvalue weighted by atomic mass is 9.75. The largest absolute Gasteiger partial charge is 0.509 e. The number of hydrogen-bond acceptors (Lipinski definition) is 5. The van der Waals surface area contributed by atoms with E-state index >= 15 is 0 Å². The van der Waals surface area contributed by atoms with Gasteiger partial charge in [0.15, 0.2) is 11.4 Å². The molecule has 0 radical (unpaired) electrons. The summed E-state index contributed by atoms with van der Waals surface area (Å²) in [7, 11) is 0. The van der Waals surface area contributed by atoms with Crippen LogP contribution in [0.25, 0.3) is 0 Å². The molecule has 0 amide bonds. The van der Waals surface area contributed by atoms with Crippen LogP contribution in [0.3, 0.4) is 0 Å². The van der Waals surface area contributed by atoms with Gasteiger partial charge in [0.25, 0.3) is 0 Å². The zero-order valence-electron chi connectivity index (χ0n) is 16.6. The van der Waals surface area contributed by atoms with Crippen LogP contribution in [0.1, 0.15) is 73.6 Å². The number of aldehydes is 1. The Balaban J connectivity index is 5.98. The summed E-state index contributed by atoms with van der Waals surface area (Å²) in [6.07, 6.45) is 1.95. The normalized spacial score (nSPS) is 17.8. The van der Waals surface area contributed by atoms with Crippen LogP contribution in [-0.2, 0) is 9.59 Å². The number of aliphatic hydroxyl groups excluding tert-OH is 2. The Hall–Kier alpha value is -1.20. The standard InChI is InChI=1S/C20H36O5/c1-7-8-9-16(12-21)20(25,17(22)11-10-13(2)3)19(24)15(6)18(23)14(4)5/h12-14,16-17,22,24-25H,7-11H2,1-6H3/b19-15-/t16-,17+,20?/m1/s1. The maximum Gasteiger partial charge on any atom is 0.164 e. The van der Waals surface area contributed by atoms with Crippen LogP contribution in [0.2, 0.25) is 0 Å². The van der Waals surface area contributed by atoms with Gasteiger partial charge in [0.05, 0.1) is 12.0 Å². The van der Waals surface area contributed by atoms with Gasteiger partial charge in [-0.1, -0.05) is 47.5 Å². The van der Waals surface area contributed by atoms with Crippen LogP contribution in [0.5, 0.6) is 0 Å². The highest BCUT2D eigenvalue weighted by atomic mass is 16.4. The van der Waals surface area contributed by atoms with Crippen molar-refractivity contribution >= 4 is 12.1 Å². The lowest BCUT2D eigenvalue weighted by molar-refractivity contribution is -0.138. The average Bonchev–Trinajstić information content (AvgIpc) is 2.57. The maximum absolute atomic E-state index is 12.2. The van der Waals surface area contributed by atoms with E-state index in [1.54, 1.807) is 13.8 Å². The Morgan fingerprint density at radius 3 is 2.08 bits per heavy atom. The van der Waals surface area contributed by atoms with E-state index < -0.39 is 23.4 Å². The number of unbranched alkanes of at least 4 members (excludes halogenated alkanes) is 1. The molecular weight excluding hydrogens is 320 g/mol. The van der Waals surface area contributed by atoms with Crippen molar-refractivity contribution in [2.24, 2.45) is 17.8 Å². The fourth-order valence-electron chi connectivity index (χ4n) is 2.96. The lowest BCUT2D eigenvalue weighted by Gasteiger charge is -2.38. The monoisotopic (exact) mass is 356 g/mol. The van der Waals surface area contributed by atoms with E-state index in [1.807, 2.05) is 20.8 Å². The average molecular weight is 357 g/mol. The SMILES string of the molecule is CCCC[C@H](C=O)C(O)(/C(O)=C(\C)C(=O)C(C)C)[C@@H](O)CCC(C)C. The molecule has 0 aromatic rings. The number of allylic oxidation sites excluding steroid dienone is 1. The van der Waals surface area contributed by atoms with Crippen LogP contribution in [-0.4, -0.2) is 39.1 Å². The molecule has 3 N–H and O–H groups in total. The van der Waals surface area contributed by atoms with Gasteiger partial charge in [-0.15, -0.1) is 0 Å². The van der Waals surface area contributed by atoms with Crippen molar-refractivity contribution in [2.45, 2.75) is 85.4 Å². The molecule has 0 saturated carbocycles. The first-order valence-corrected chi connectivity index (χ1v) is 9.34. The molecule has 0 aromatic carbocycles. The second kappa shape index (κ2) is 10.7. The Morgan fingerprint density at radius 1 is 1.12 bits per heavy atom. The summed E-state index contributed by atoms with van der Waals surface area (Å²) >= 11 is 0. The van der Waals surface area contributed by atoms with Gasteiger partial charge in [0.1, 0.15) is 12.0 Å². The number of ketones is 1. The molecule has 25 heavy (non-hydrogen) atoms. The molecular formula is C20H36O5. The Bertz CT molecular complexity index is 467. The van der Waals surface area contributed by atoms with Crippen LogP contribution >= 0.6 is 0 Å². The molecule has 3 atom stereocenters. The second-order valence-corrected chi connectivity index (χ2v) is 7.69. The molecule has 0 aliphatic heterocycles. The van der Waals surface area contributed by atoms with Crippen molar-refractivity contribution < 1.29 is 24.9 Å². The minimum absolute atomic E-state index is 0.00412. The summed E-state index contributed by atoms with van der Waals surface area (Å²) in [5.74, 6) is -1.91. The summed E-state index contributed by atoms with van der Waals surface area (Å²) in [6, 6.07) is 0. The van der Waals surface area contributed by atoms with Crippen molar-refractivity contribution in [1.82, 2.24) is 0 Å². The Morgan fingerprint density at radius 2 is 1.68 bits per heavy atom. The van der Waals surface area contributed by atoms with Crippen LogP contribution in [0, 0.1) is 17.8 Å². The molecule has 0 bridgehead atoms. The Kier molecular flexibility index (Phi) is 10.2. The third-order valence-electron chi connectivity index (χ3n) is 4.75. The summed E-state index contributed by atoms with van der Waals surface area (Å²) in [4.78, 5) is 23.9. The molecule has 1 unspecified atom stereocenters. The van der Waals surface area contributed by atoms with E-state index in [4.69, 9.17) is 0 Å². The van der Waals surface area contributed by atoms with Crippen molar-refractivity contribution in [3.8, 4) is 0 Å². The highest BCUT2D eigenvalue weighted by Gasteiger charge is 2.48. The molecule has 0 saturated heterocycles. The predicted octanol–water partition coefficient (Wildman–Crippen LogP) is 3.58. The van der Waals surface area contributed by atoms with Gasteiger partial charge in [-0.2, -0.15) is 0 Å². The highest BCUT2D eigenvalue weighted by molar-refractivity contribution is 5.96. The van der Waals surface area contributed by atoms with Gasteiger partial charge >= 0.3 is 0 Å². The molecule has 0 aliphatic carbocycles. The number of Topliss-reactive ketones (excluding diaryl/α,β-unsaturated/α-hetero) is 1. The number of aliphatic hydroxyl groups is 3. The number of carbonyl (C=O) groups is 2. The van der Waals surface area contributed by atoms with E-state index in [2.05, 4.69) is 0 Å². The number of hydrogen-bond donors (Lipinski definition) is 3. The summed E-state index contributed by atoms with van der Waals surface area (Å²) in [6.45, 7) is 10.8. The van der Waals surface area contributed by atoms with Crippen LogP contribution in [0.15, 0.2) is 11.3 Å². The molecule has 0 aliphatic rings. The third kappa shape index (κ3) is 6.23. The smallest absolute Gasteiger partial charge is 0.164 e. The van der Waals surface area contributed by atoms with E-state index in [0.717, 1.165) is 6.42 Å². The first kappa shape index (κ1) is 23.8. The zero-order chi connectivity index (χ0) is 19.8. The van der Waals surface area contributed by atoms with Gasteiger partial charge in [-0.3, -0.25) is 4.79 Å². The molecule has 0 heterocycles. The summed E-state index contributed by atoms with van der Waals surface area (Å²) in [5.41, 5.74) is -2.13. The van der Waals surface area contributed by atoms with Crippen molar-refractivity contribution in [3.63, 3.8) is 0 Å². The molecule has 0 fully saturated rings. The van der Waals surface area contributed by atoms with Gasteiger partial charge < -0.3 is 20.1 Å². The third-order valence-corrected chi connectivity index (χ3v) is 4.75. The topological polar surface area (TPSA) is 94.8 Å². The quantitative estimate of drug-likeness (QED) is 0.282. The van der Waals surface area contributed by atoms with Crippen molar-refractivity contribution in [1.29, 1.82) is 0 Å². The molecule has 146 valence electrons. The van der Waals surface area contributed by atoms with E-state index in [9.17, 15) is 24.9 Å². The minimum atomic E-state index is -2.14. The van der Waals surface area contributed by atoms with E-state index in [1.165, 1.54) is 6.92 Å². The highest BCUT2D eigenvalue weighted by Crippen LogP contribution is 2.35. The summed E-state index contributed by atoms with van der Waals surface area (Å²) < 4.78 is 0. The number of rotatable bonds is 12. The van der Waals surface area contributed by atoms with Gasteiger partial charge in [0, 0.05) is 11.5 Å². The fraction of sp³-hybridized carbons (Fsp3) is 0.800. The van der Waals surface area contributed by atoms with Crippen molar-refractivity contribution in [3.05, 3.63) is 11.3 Å². The first-order chi connectivity index (χ1) is 11.5. The fourth-order valence-corrected chi connectivity index (χ4v) is 2.96. The molecule has 5 heteroatoms. The van der Waals surface area contributed by atoms with E-state index in [-0.39, 0.29) is 23.7 Å². The van der Waals surface area contributed by atoms with Gasteiger partial charge in [-0.25, -0.2) is 0 Å². The zero-order valence-corrected chi connectivity index (χ0v) is 16.6. The van der Waals surface area contributed by atoms with Gasteiger partial charge in [-0.05, 0) is 32.1 Å².